The first-order valence-corrected chi connectivity index (χ1v) is 7.98. The summed E-state index contributed by atoms with van der Waals surface area (Å²) < 4.78 is 0. The van der Waals surface area contributed by atoms with Crippen LogP contribution in [0.4, 0.5) is 5.69 Å². The Labute approximate surface area is 129 Å². The van der Waals surface area contributed by atoms with Crippen molar-refractivity contribution >= 4 is 22.9 Å². The van der Waals surface area contributed by atoms with E-state index in [9.17, 15) is 4.79 Å². The van der Waals surface area contributed by atoms with Crippen LogP contribution in [0.3, 0.4) is 0 Å². The molecule has 2 unspecified atom stereocenters. The molecule has 2 atom stereocenters. The molecule has 0 aliphatic carbocycles. The van der Waals surface area contributed by atoms with E-state index in [0.717, 1.165) is 17.1 Å². The maximum atomic E-state index is 12.2. The van der Waals surface area contributed by atoms with Gasteiger partial charge in [-0.1, -0.05) is 25.1 Å². The van der Waals surface area contributed by atoms with Crippen molar-refractivity contribution in [1.82, 2.24) is 10.3 Å². The van der Waals surface area contributed by atoms with Crippen LogP contribution in [0.5, 0.6) is 0 Å². The molecule has 112 valence electrons. The molecule has 1 heterocycles. The van der Waals surface area contributed by atoms with Gasteiger partial charge < -0.3 is 5.32 Å². The molecule has 0 aliphatic rings. The third-order valence-electron chi connectivity index (χ3n) is 3.22. The molecule has 0 aliphatic heterocycles. The second-order valence-corrected chi connectivity index (χ2v) is 6.13. The smallest absolute Gasteiger partial charge is 0.241 e. The fourth-order valence-corrected chi connectivity index (χ4v) is 2.85. The quantitative estimate of drug-likeness (QED) is 0.860. The third-order valence-corrected chi connectivity index (χ3v) is 4.55. The lowest BCUT2D eigenvalue weighted by molar-refractivity contribution is -0.117. The number of aromatic nitrogens is 1. The van der Waals surface area contributed by atoms with Gasteiger partial charge in [0.05, 0.1) is 12.1 Å². The first-order chi connectivity index (χ1) is 10.1. The van der Waals surface area contributed by atoms with Crippen LogP contribution >= 0.6 is 11.3 Å². The minimum absolute atomic E-state index is 0.0414. The van der Waals surface area contributed by atoms with Gasteiger partial charge in [0, 0.05) is 16.8 Å². The van der Waals surface area contributed by atoms with Crippen LogP contribution in [0.2, 0.25) is 0 Å². The fourth-order valence-electron chi connectivity index (χ4n) is 1.98. The van der Waals surface area contributed by atoms with E-state index >= 15 is 0 Å². The van der Waals surface area contributed by atoms with Gasteiger partial charge >= 0.3 is 0 Å². The number of hydrogen-bond acceptors (Lipinski definition) is 4. The third kappa shape index (κ3) is 4.37. The van der Waals surface area contributed by atoms with Gasteiger partial charge in [0.15, 0.2) is 0 Å². The van der Waals surface area contributed by atoms with Gasteiger partial charge in [-0.05, 0) is 32.4 Å². The zero-order chi connectivity index (χ0) is 15.2. The van der Waals surface area contributed by atoms with E-state index in [0.29, 0.717) is 0 Å². The van der Waals surface area contributed by atoms with Crippen molar-refractivity contribution in [3.8, 4) is 0 Å². The van der Waals surface area contributed by atoms with Crippen LogP contribution in [0.25, 0.3) is 0 Å². The topological polar surface area (TPSA) is 54.0 Å². The molecule has 0 saturated carbocycles. The first kappa shape index (κ1) is 15.7. The fraction of sp³-hybridized carbons (Fsp3) is 0.375. The van der Waals surface area contributed by atoms with E-state index in [2.05, 4.69) is 22.5 Å². The summed E-state index contributed by atoms with van der Waals surface area (Å²) in [7, 11) is 0. The van der Waals surface area contributed by atoms with Gasteiger partial charge in [-0.2, -0.15) is 0 Å². The number of carbonyl (C=O) groups excluding carboxylic acids is 1. The lowest BCUT2D eigenvalue weighted by atomic mass is 10.2. The minimum atomic E-state index is -0.283. The lowest BCUT2D eigenvalue weighted by Crippen LogP contribution is -2.39. The van der Waals surface area contributed by atoms with Crippen LogP contribution in [-0.2, 0) is 11.2 Å². The maximum absolute atomic E-state index is 12.2. The molecule has 2 rings (SSSR count). The molecule has 0 radical (unpaired) electrons. The van der Waals surface area contributed by atoms with Gasteiger partial charge in [-0.3, -0.25) is 10.1 Å². The highest BCUT2D eigenvalue weighted by atomic mass is 32.1. The Morgan fingerprint density at radius 1 is 1.29 bits per heavy atom. The second-order valence-electron chi connectivity index (χ2n) is 4.98. The van der Waals surface area contributed by atoms with E-state index in [1.807, 2.05) is 50.4 Å². The zero-order valence-electron chi connectivity index (χ0n) is 12.6. The predicted octanol–water partition coefficient (Wildman–Crippen LogP) is 3.38. The second kappa shape index (κ2) is 7.33. The van der Waals surface area contributed by atoms with Gasteiger partial charge in [-0.15, -0.1) is 11.3 Å². The molecular weight excluding hydrogens is 282 g/mol. The average molecular weight is 303 g/mol. The Bertz CT molecular complexity index is 582. The van der Waals surface area contributed by atoms with Gasteiger partial charge in [0.25, 0.3) is 0 Å². The number of hydrogen-bond donors (Lipinski definition) is 2. The Morgan fingerprint density at radius 2 is 2.00 bits per heavy atom. The first-order valence-electron chi connectivity index (χ1n) is 7.16. The number of anilines is 1. The average Bonchev–Trinajstić information content (AvgIpc) is 2.97. The Hall–Kier alpha value is -1.72. The molecule has 2 N–H and O–H groups in total. The summed E-state index contributed by atoms with van der Waals surface area (Å²) in [5.74, 6) is -0.0414. The predicted molar refractivity (Wildman–Crippen MR) is 87.6 cm³/mol. The standard InChI is InChI=1S/C16H21N3OS/c1-4-14-10-17-16(21-14)12(3)18-11(2)15(20)19-13-8-6-5-7-9-13/h5-12,18H,4H2,1-3H3,(H,19,20). The number of amides is 1. The number of aryl methyl sites for hydroxylation is 1. The number of rotatable bonds is 6. The molecule has 1 aromatic heterocycles. The van der Waals surface area contributed by atoms with E-state index in [1.165, 1.54) is 4.88 Å². The van der Waals surface area contributed by atoms with Crippen molar-refractivity contribution in [3.05, 3.63) is 46.4 Å². The molecule has 4 nitrogen and oxygen atoms in total. The number of thiazole rings is 1. The Morgan fingerprint density at radius 3 is 2.62 bits per heavy atom. The molecule has 1 aromatic carbocycles. The normalized spacial score (nSPS) is 13.7. The SMILES string of the molecule is CCc1cnc(C(C)NC(C)C(=O)Nc2ccccc2)s1. The molecule has 0 spiro atoms. The highest BCUT2D eigenvalue weighted by molar-refractivity contribution is 7.11. The van der Waals surface area contributed by atoms with Crippen molar-refractivity contribution in [2.45, 2.75) is 39.3 Å². The van der Waals surface area contributed by atoms with E-state index in [4.69, 9.17) is 0 Å². The minimum Gasteiger partial charge on any atom is -0.325 e. The number of carbonyl (C=O) groups is 1. The largest absolute Gasteiger partial charge is 0.325 e. The van der Waals surface area contributed by atoms with E-state index < -0.39 is 0 Å². The van der Waals surface area contributed by atoms with Crippen molar-refractivity contribution < 1.29 is 4.79 Å². The summed E-state index contributed by atoms with van der Waals surface area (Å²) in [6, 6.07) is 9.26. The van der Waals surface area contributed by atoms with Crippen LogP contribution < -0.4 is 10.6 Å². The molecule has 21 heavy (non-hydrogen) atoms. The molecule has 2 aromatic rings. The number of benzene rings is 1. The zero-order valence-corrected chi connectivity index (χ0v) is 13.4. The van der Waals surface area contributed by atoms with E-state index in [1.54, 1.807) is 11.3 Å². The molecule has 0 bridgehead atoms. The van der Waals surface area contributed by atoms with Gasteiger partial charge in [0.1, 0.15) is 5.01 Å². The molecular formula is C16H21N3OS. The van der Waals surface area contributed by atoms with Crippen LogP contribution in [-0.4, -0.2) is 16.9 Å². The molecule has 0 fully saturated rings. The Kier molecular flexibility index (Phi) is 5.47. The van der Waals surface area contributed by atoms with Crippen molar-refractivity contribution in [2.24, 2.45) is 0 Å². The molecule has 1 amide bonds. The summed E-state index contributed by atoms with van der Waals surface area (Å²) in [5, 5.41) is 7.21. The van der Waals surface area contributed by atoms with Crippen LogP contribution in [0.15, 0.2) is 36.5 Å². The van der Waals surface area contributed by atoms with Crippen LogP contribution in [0.1, 0.15) is 36.7 Å². The van der Waals surface area contributed by atoms with Crippen LogP contribution in [0, 0.1) is 0 Å². The number of nitrogens with zero attached hydrogens (tertiary/aromatic N) is 1. The van der Waals surface area contributed by atoms with Gasteiger partial charge in [0.2, 0.25) is 5.91 Å². The summed E-state index contributed by atoms with van der Waals surface area (Å²) in [6.45, 7) is 6.01. The van der Waals surface area contributed by atoms with Crippen molar-refractivity contribution in [2.75, 3.05) is 5.32 Å². The number of nitrogens with one attached hydrogen (secondary N) is 2. The number of para-hydroxylation sites is 1. The monoisotopic (exact) mass is 303 g/mol. The Balaban J connectivity index is 1.91. The van der Waals surface area contributed by atoms with E-state index in [-0.39, 0.29) is 18.0 Å². The summed E-state index contributed by atoms with van der Waals surface area (Å²) in [6.07, 6.45) is 2.90. The highest BCUT2D eigenvalue weighted by Crippen LogP contribution is 2.20. The summed E-state index contributed by atoms with van der Waals surface area (Å²) >= 11 is 1.69. The summed E-state index contributed by atoms with van der Waals surface area (Å²) in [4.78, 5) is 17.8. The molecule has 5 heteroatoms. The highest BCUT2D eigenvalue weighted by Gasteiger charge is 2.18. The lowest BCUT2D eigenvalue weighted by Gasteiger charge is -2.18. The summed E-state index contributed by atoms with van der Waals surface area (Å²) in [5.41, 5.74) is 0.811. The van der Waals surface area contributed by atoms with Crippen molar-refractivity contribution in [1.29, 1.82) is 0 Å². The van der Waals surface area contributed by atoms with Gasteiger partial charge in [-0.25, -0.2) is 4.98 Å². The van der Waals surface area contributed by atoms with Crippen molar-refractivity contribution in [3.63, 3.8) is 0 Å². The molecule has 0 saturated heterocycles. The maximum Gasteiger partial charge on any atom is 0.241 e.